The van der Waals surface area contributed by atoms with Gasteiger partial charge in [0, 0.05) is 12.0 Å². The number of halogens is 2. The number of rotatable bonds is 4. The van der Waals surface area contributed by atoms with E-state index in [-0.39, 0.29) is 10.8 Å². The molecule has 2 aromatic rings. The lowest BCUT2D eigenvalue weighted by molar-refractivity contribution is 0.0982. The Labute approximate surface area is 123 Å². The first-order chi connectivity index (χ1) is 9.47. The van der Waals surface area contributed by atoms with Crippen LogP contribution in [0.5, 0.6) is 0 Å². The van der Waals surface area contributed by atoms with Gasteiger partial charge in [-0.05, 0) is 49.6 Å². The Hall–Kier alpha value is -1.67. The van der Waals surface area contributed by atoms with E-state index < -0.39 is 5.82 Å². The summed E-state index contributed by atoms with van der Waals surface area (Å²) in [5, 5.41) is 0.0379. The molecule has 2 rings (SSSR count). The molecule has 0 saturated carbocycles. The second kappa shape index (κ2) is 6.19. The van der Waals surface area contributed by atoms with Crippen LogP contribution in [0, 0.1) is 19.7 Å². The zero-order valence-electron chi connectivity index (χ0n) is 11.5. The van der Waals surface area contributed by atoms with Crippen molar-refractivity contribution in [2.75, 3.05) is 0 Å². The highest BCUT2D eigenvalue weighted by Gasteiger charge is 2.10. The molecule has 2 aromatic carbocycles. The number of ketones is 1. The normalized spacial score (nSPS) is 10.6. The SMILES string of the molecule is Cc1ccc(CCC(=O)c2ccc(Cl)c(F)c2)c(C)c1. The van der Waals surface area contributed by atoms with Gasteiger partial charge < -0.3 is 0 Å². The van der Waals surface area contributed by atoms with E-state index in [1.54, 1.807) is 6.07 Å². The van der Waals surface area contributed by atoms with Crippen LogP contribution < -0.4 is 0 Å². The molecule has 0 fully saturated rings. The van der Waals surface area contributed by atoms with Gasteiger partial charge in [0.15, 0.2) is 5.78 Å². The second-order valence-electron chi connectivity index (χ2n) is 4.98. The van der Waals surface area contributed by atoms with Gasteiger partial charge in [0.2, 0.25) is 0 Å². The lowest BCUT2D eigenvalue weighted by atomic mass is 9.98. The number of hydrogen-bond acceptors (Lipinski definition) is 1. The second-order valence-corrected chi connectivity index (χ2v) is 5.39. The van der Waals surface area contributed by atoms with Crippen LogP contribution in [-0.4, -0.2) is 5.78 Å². The maximum absolute atomic E-state index is 13.3. The fourth-order valence-corrected chi connectivity index (χ4v) is 2.31. The summed E-state index contributed by atoms with van der Waals surface area (Å²) in [5.41, 5.74) is 3.91. The molecular formula is C17H16ClFO. The van der Waals surface area contributed by atoms with Crippen molar-refractivity contribution >= 4 is 17.4 Å². The Morgan fingerprint density at radius 2 is 1.90 bits per heavy atom. The van der Waals surface area contributed by atoms with Crippen LogP contribution in [0.3, 0.4) is 0 Å². The van der Waals surface area contributed by atoms with Crippen molar-refractivity contribution in [3.63, 3.8) is 0 Å². The van der Waals surface area contributed by atoms with Crippen molar-refractivity contribution < 1.29 is 9.18 Å². The van der Waals surface area contributed by atoms with Gasteiger partial charge in [-0.15, -0.1) is 0 Å². The zero-order chi connectivity index (χ0) is 14.7. The highest BCUT2D eigenvalue weighted by molar-refractivity contribution is 6.30. The van der Waals surface area contributed by atoms with E-state index in [0.717, 1.165) is 5.56 Å². The summed E-state index contributed by atoms with van der Waals surface area (Å²) in [6.45, 7) is 4.08. The highest BCUT2D eigenvalue weighted by atomic mass is 35.5. The smallest absolute Gasteiger partial charge is 0.163 e. The minimum atomic E-state index is -0.552. The first kappa shape index (κ1) is 14.7. The Morgan fingerprint density at radius 1 is 1.15 bits per heavy atom. The van der Waals surface area contributed by atoms with Gasteiger partial charge in [-0.25, -0.2) is 4.39 Å². The van der Waals surface area contributed by atoms with Gasteiger partial charge in [0.1, 0.15) is 5.82 Å². The molecule has 0 amide bonds. The Bertz CT molecular complexity index is 649. The maximum atomic E-state index is 13.3. The highest BCUT2D eigenvalue weighted by Crippen LogP contribution is 2.18. The van der Waals surface area contributed by atoms with Crippen molar-refractivity contribution in [3.8, 4) is 0 Å². The average molecular weight is 291 g/mol. The van der Waals surface area contributed by atoms with E-state index in [2.05, 4.69) is 6.07 Å². The Kier molecular flexibility index (Phi) is 4.56. The molecule has 0 spiro atoms. The molecule has 1 nitrogen and oxygen atoms in total. The largest absolute Gasteiger partial charge is 0.294 e. The van der Waals surface area contributed by atoms with E-state index >= 15 is 0 Å². The Morgan fingerprint density at radius 3 is 2.55 bits per heavy atom. The van der Waals surface area contributed by atoms with Crippen LogP contribution in [0.25, 0.3) is 0 Å². The maximum Gasteiger partial charge on any atom is 0.163 e. The standard InChI is InChI=1S/C17H16ClFO/c1-11-3-4-13(12(2)9-11)6-8-17(20)14-5-7-15(18)16(19)10-14/h3-5,7,9-10H,6,8H2,1-2H3. The van der Waals surface area contributed by atoms with Crippen LogP contribution in [0.2, 0.25) is 5.02 Å². The summed E-state index contributed by atoms with van der Waals surface area (Å²) < 4.78 is 13.3. The predicted molar refractivity (Wildman–Crippen MR) is 80.0 cm³/mol. The summed E-state index contributed by atoms with van der Waals surface area (Å²) in [6, 6.07) is 10.4. The fraction of sp³-hybridized carbons (Fsp3) is 0.235. The molecule has 0 aromatic heterocycles. The van der Waals surface area contributed by atoms with E-state index in [9.17, 15) is 9.18 Å². The molecule has 0 aliphatic rings. The topological polar surface area (TPSA) is 17.1 Å². The molecule has 0 atom stereocenters. The quantitative estimate of drug-likeness (QED) is 0.731. The molecule has 0 saturated heterocycles. The van der Waals surface area contributed by atoms with Crippen LogP contribution in [0.1, 0.15) is 33.5 Å². The molecule has 0 heterocycles. The van der Waals surface area contributed by atoms with Crippen molar-refractivity contribution in [2.45, 2.75) is 26.7 Å². The van der Waals surface area contributed by atoms with E-state index in [1.165, 1.54) is 23.3 Å². The molecule has 0 N–H and O–H groups in total. The first-order valence-corrected chi connectivity index (χ1v) is 6.89. The monoisotopic (exact) mass is 290 g/mol. The molecule has 104 valence electrons. The van der Waals surface area contributed by atoms with Gasteiger partial charge in [-0.3, -0.25) is 4.79 Å². The zero-order valence-corrected chi connectivity index (χ0v) is 12.3. The van der Waals surface area contributed by atoms with Crippen LogP contribution in [0.4, 0.5) is 4.39 Å². The summed E-state index contributed by atoms with van der Waals surface area (Å²) in [5.74, 6) is -0.621. The molecule has 0 bridgehead atoms. The minimum absolute atomic E-state index is 0.0379. The first-order valence-electron chi connectivity index (χ1n) is 6.52. The number of Topliss-reactive ketones (excluding diaryl/α,β-unsaturated/α-hetero) is 1. The number of carbonyl (C=O) groups excluding carboxylic acids is 1. The number of aryl methyl sites for hydroxylation is 3. The molecule has 20 heavy (non-hydrogen) atoms. The van der Waals surface area contributed by atoms with Crippen molar-refractivity contribution in [1.29, 1.82) is 0 Å². The summed E-state index contributed by atoms with van der Waals surface area (Å²) in [6.07, 6.45) is 1.03. The summed E-state index contributed by atoms with van der Waals surface area (Å²) >= 11 is 5.61. The fourth-order valence-electron chi connectivity index (χ4n) is 2.19. The van der Waals surface area contributed by atoms with E-state index in [0.29, 0.717) is 18.4 Å². The molecule has 3 heteroatoms. The number of benzene rings is 2. The third-order valence-corrected chi connectivity index (χ3v) is 3.67. The molecular weight excluding hydrogens is 275 g/mol. The minimum Gasteiger partial charge on any atom is -0.294 e. The average Bonchev–Trinajstić information content (AvgIpc) is 2.40. The van der Waals surface area contributed by atoms with Gasteiger partial charge in [-0.1, -0.05) is 35.4 Å². The van der Waals surface area contributed by atoms with E-state index in [4.69, 9.17) is 11.6 Å². The molecule has 0 radical (unpaired) electrons. The third kappa shape index (κ3) is 3.45. The predicted octanol–water partition coefficient (Wildman–Crippen LogP) is 4.91. The van der Waals surface area contributed by atoms with Gasteiger partial charge in [-0.2, -0.15) is 0 Å². The third-order valence-electron chi connectivity index (χ3n) is 3.36. The van der Waals surface area contributed by atoms with E-state index in [1.807, 2.05) is 26.0 Å². The van der Waals surface area contributed by atoms with Crippen molar-refractivity contribution in [3.05, 3.63) is 69.5 Å². The van der Waals surface area contributed by atoms with Crippen LogP contribution in [-0.2, 0) is 6.42 Å². The van der Waals surface area contributed by atoms with Gasteiger partial charge in [0.25, 0.3) is 0 Å². The molecule has 0 aliphatic carbocycles. The number of hydrogen-bond donors (Lipinski definition) is 0. The van der Waals surface area contributed by atoms with Crippen molar-refractivity contribution in [2.24, 2.45) is 0 Å². The lowest BCUT2D eigenvalue weighted by Gasteiger charge is -2.07. The van der Waals surface area contributed by atoms with Gasteiger partial charge >= 0.3 is 0 Å². The Balaban J connectivity index is 2.06. The van der Waals surface area contributed by atoms with Gasteiger partial charge in [0.05, 0.1) is 5.02 Å². The molecule has 0 aliphatic heterocycles. The lowest BCUT2D eigenvalue weighted by Crippen LogP contribution is -2.03. The van der Waals surface area contributed by atoms with Crippen molar-refractivity contribution in [1.82, 2.24) is 0 Å². The van der Waals surface area contributed by atoms with Crippen LogP contribution >= 0.6 is 11.6 Å². The van der Waals surface area contributed by atoms with Crippen LogP contribution in [0.15, 0.2) is 36.4 Å². The summed E-state index contributed by atoms with van der Waals surface area (Å²) in [4.78, 5) is 12.1. The summed E-state index contributed by atoms with van der Waals surface area (Å²) in [7, 11) is 0. The molecule has 0 unspecified atom stereocenters. The number of carbonyl (C=O) groups is 1.